The zero-order valence-electron chi connectivity index (χ0n) is 17.3. The second kappa shape index (κ2) is 9.03. The smallest absolute Gasteiger partial charge is 0.311 e. The van der Waals surface area contributed by atoms with Crippen molar-refractivity contribution in [3.05, 3.63) is 17.7 Å². The number of nitrogens with one attached hydrogen (secondary N) is 1. The molecule has 1 heterocycles. The molecule has 0 radical (unpaired) electrons. The van der Waals surface area contributed by atoms with E-state index in [0.29, 0.717) is 35.1 Å². The number of fused-ring (bicyclic) bond motifs is 2. The molecule has 0 bridgehead atoms. The minimum atomic E-state index is -0.355. The van der Waals surface area contributed by atoms with Crippen LogP contribution in [0.4, 0.5) is 5.69 Å². The summed E-state index contributed by atoms with van der Waals surface area (Å²) in [5.41, 5.74) is 1.84. The third-order valence-corrected chi connectivity index (χ3v) is 4.76. The zero-order valence-corrected chi connectivity index (χ0v) is 17.3. The zero-order chi connectivity index (χ0) is 21.0. The summed E-state index contributed by atoms with van der Waals surface area (Å²) in [5.74, 6) is 0.443. The van der Waals surface area contributed by atoms with E-state index in [0.717, 1.165) is 17.7 Å². The Morgan fingerprint density at radius 3 is 2.10 bits per heavy atom. The Morgan fingerprint density at radius 2 is 1.55 bits per heavy atom. The van der Waals surface area contributed by atoms with Crippen LogP contribution in [0.3, 0.4) is 0 Å². The van der Waals surface area contributed by atoms with Crippen molar-refractivity contribution in [1.29, 1.82) is 0 Å². The second-order valence-corrected chi connectivity index (χ2v) is 6.80. The van der Waals surface area contributed by atoms with Gasteiger partial charge in [-0.3, -0.25) is 9.59 Å². The predicted octanol–water partition coefficient (Wildman–Crippen LogP) is 4.58. The number of benzene rings is 2. The van der Waals surface area contributed by atoms with Crippen molar-refractivity contribution in [1.82, 2.24) is 0 Å². The normalized spacial score (nSPS) is 12.1. The molecule has 3 rings (SSSR count). The highest BCUT2D eigenvalue weighted by Gasteiger charge is 2.32. The van der Waals surface area contributed by atoms with Gasteiger partial charge in [0.05, 0.1) is 5.39 Å². The summed E-state index contributed by atoms with van der Waals surface area (Å²) in [7, 11) is 1.80. The monoisotopic (exact) mass is 401 g/mol. The van der Waals surface area contributed by atoms with Crippen molar-refractivity contribution in [3.63, 3.8) is 0 Å². The molecule has 0 aromatic heterocycles. The van der Waals surface area contributed by atoms with Gasteiger partial charge in [0.2, 0.25) is 18.3 Å². The van der Waals surface area contributed by atoms with Crippen LogP contribution in [0, 0.1) is 0 Å². The highest BCUT2D eigenvalue weighted by atomic mass is 16.7. The van der Waals surface area contributed by atoms with Crippen LogP contribution in [0.15, 0.2) is 12.1 Å². The molecule has 29 heavy (non-hydrogen) atoms. The van der Waals surface area contributed by atoms with Gasteiger partial charge in [0.15, 0.2) is 11.5 Å². The minimum Gasteiger partial charge on any atom is -0.449 e. The summed E-state index contributed by atoms with van der Waals surface area (Å²) in [6, 6.07) is 3.83. The Labute approximate surface area is 170 Å². The van der Waals surface area contributed by atoms with E-state index in [4.69, 9.17) is 18.9 Å². The van der Waals surface area contributed by atoms with Crippen molar-refractivity contribution in [2.75, 3.05) is 19.2 Å². The van der Waals surface area contributed by atoms with Gasteiger partial charge in [-0.15, -0.1) is 0 Å². The summed E-state index contributed by atoms with van der Waals surface area (Å²) in [5, 5.41) is 4.47. The number of rotatable bonds is 8. The van der Waals surface area contributed by atoms with E-state index in [-0.39, 0.29) is 43.1 Å². The van der Waals surface area contributed by atoms with E-state index < -0.39 is 0 Å². The standard InChI is InChI=1S/C22H27NO6/c1-5-8-15(24)28-19-14-11-10-13(7-3)18(23-4)17(14)20(29-16(25)9-6-2)22-21(19)26-12-27-22/h10-11,23H,5-9,12H2,1-4H3. The van der Waals surface area contributed by atoms with Crippen molar-refractivity contribution in [2.24, 2.45) is 0 Å². The van der Waals surface area contributed by atoms with Gasteiger partial charge in [-0.2, -0.15) is 0 Å². The van der Waals surface area contributed by atoms with Crippen LogP contribution in [0.5, 0.6) is 23.0 Å². The van der Waals surface area contributed by atoms with Gasteiger partial charge in [0, 0.05) is 31.0 Å². The van der Waals surface area contributed by atoms with Gasteiger partial charge in [-0.05, 0) is 30.9 Å². The van der Waals surface area contributed by atoms with Gasteiger partial charge in [-0.25, -0.2) is 0 Å². The molecule has 2 aromatic rings. The van der Waals surface area contributed by atoms with E-state index in [1.807, 2.05) is 32.9 Å². The Morgan fingerprint density at radius 1 is 0.966 bits per heavy atom. The fraction of sp³-hybridized carbons (Fsp3) is 0.455. The summed E-state index contributed by atoms with van der Waals surface area (Å²) in [6.45, 7) is 5.82. The predicted molar refractivity (Wildman–Crippen MR) is 110 cm³/mol. The van der Waals surface area contributed by atoms with Gasteiger partial charge in [0.1, 0.15) is 0 Å². The number of anilines is 1. The summed E-state index contributed by atoms with van der Waals surface area (Å²) < 4.78 is 22.7. The number of carbonyl (C=O) groups is 2. The Bertz CT molecular complexity index is 937. The number of aryl methyl sites for hydroxylation is 1. The van der Waals surface area contributed by atoms with Crippen molar-refractivity contribution in [3.8, 4) is 23.0 Å². The maximum absolute atomic E-state index is 12.3. The first-order valence-corrected chi connectivity index (χ1v) is 10.1. The fourth-order valence-corrected chi connectivity index (χ4v) is 3.44. The molecule has 0 unspecified atom stereocenters. The molecule has 0 saturated heterocycles. The van der Waals surface area contributed by atoms with E-state index in [9.17, 15) is 9.59 Å². The van der Waals surface area contributed by atoms with E-state index in [1.54, 1.807) is 7.05 Å². The maximum Gasteiger partial charge on any atom is 0.311 e. The van der Waals surface area contributed by atoms with E-state index in [1.165, 1.54) is 0 Å². The van der Waals surface area contributed by atoms with E-state index >= 15 is 0 Å². The quantitative estimate of drug-likeness (QED) is 0.512. The highest BCUT2D eigenvalue weighted by molar-refractivity contribution is 6.08. The number of hydrogen-bond donors (Lipinski definition) is 1. The molecule has 0 amide bonds. The first-order chi connectivity index (χ1) is 14.0. The first-order valence-electron chi connectivity index (χ1n) is 10.1. The van der Waals surface area contributed by atoms with Crippen LogP contribution in [-0.4, -0.2) is 25.8 Å². The van der Waals surface area contributed by atoms with Crippen LogP contribution >= 0.6 is 0 Å². The lowest BCUT2D eigenvalue weighted by atomic mass is 9.99. The third kappa shape index (κ3) is 3.95. The van der Waals surface area contributed by atoms with E-state index in [2.05, 4.69) is 5.32 Å². The van der Waals surface area contributed by atoms with Gasteiger partial charge >= 0.3 is 11.9 Å². The lowest BCUT2D eigenvalue weighted by molar-refractivity contribution is -0.135. The molecule has 1 aliphatic rings. The average molecular weight is 401 g/mol. The molecule has 0 fully saturated rings. The van der Waals surface area contributed by atoms with Crippen molar-refractivity contribution >= 4 is 28.4 Å². The number of ether oxygens (including phenoxy) is 4. The lowest BCUT2D eigenvalue weighted by Gasteiger charge is -2.19. The topological polar surface area (TPSA) is 83.1 Å². The van der Waals surface area contributed by atoms with Gasteiger partial charge < -0.3 is 24.3 Å². The van der Waals surface area contributed by atoms with Crippen LogP contribution in [0.1, 0.15) is 52.0 Å². The second-order valence-electron chi connectivity index (χ2n) is 6.80. The number of carbonyl (C=O) groups excluding carboxylic acids is 2. The molecule has 7 heteroatoms. The van der Waals surface area contributed by atoms with Crippen LogP contribution < -0.4 is 24.3 Å². The maximum atomic E-state index is 12.3. The number of esters is 2. The van der Waals surface area contributed by atoms with Crippen LogP contribution in [0.25, 0.3) is 10.8 Å². The fourth-order valence-electron chi connectivity index (χ4n) is 3.44. The third-order valence-electron chi connectivity index (χ3n) is 4.76. The lowest BCUT2D eigenvalue weighted by Crippen LogP contribution is -2.11. The molecule has 7 nitrogen and oxygen atoms in total. The Hall–Kier alpha value is -2.96. The molecule has 0 saturated carbocycles. The molecular formula is C22H27NO6. The molecular weight excluding hydrogens is 374 g/mol. The van der Waals surface area contributed by atoms with Crippen molar-refractivity contribution in [2.45, 2.75) is 52.9 Å². The molecule has 1 aliphatic heterocycles. The summed E-state index contributed by atoms with van der Waals surface area (Å²) in [6.07, 6.45) is 2.68. The Balaban J connectivity index is 2.30. The minimum absolute atomic E-state index is 0.0438. The molecule has 0 atom stereocenters. The summed E-state index contributed by atoms with van der Waals surface area (Å²) >= 11 is 0. The summed E-state index contributed by atoms with van der Waals surface area (Å²) in [4.78, 5) is 24.6. The van der Waals surface area contributed by atoms with Gasteiger partial charge in [-0.1, -0.05) is 26.8 Å². The average Bonchev–Trinajstić information content (AvgIpc) is 3.19. The first kappa shape index (κ1) is 20.8. The number of hydrogen-bond acceptors (Lipinski definition) is 7. The molecule has 0 spiro atoms. The largest absolute Gasteiger partial charge is 0.449 e. The van der Waals surface area contributed by atoms with Crippen LogP contribution in [0.2, 0.25) is 0 Å². The van der Waals surface area contributed by atoms with Crippen LogP contribution in [-0.2, 0) is 16.0 Å². The molecule has 156 valence electrons. The molecule has 1 N–H and O–H groups in total. The van der Waals surface area contributed by atoms with Gasteiger partial charge in [0.25, 0.3) is 0 Å². The van der Waals surface area contributed by atoms with Crippen molar-refractivity contribution < 1.29 is 28.5 Å². The molecule has 2 aromatic carbocycles. The highest BCUT2D eigenvalue weighted by Crippen LogP contribution is 2.55. The SMILES string of the molecule is CCCC(=O)Oc1c2c(c(OC(=O)CCC)c3c(NC)c(CC)ccc13)OCO2. The molecule has 0 aliphatic carbocycles. The Kier molecular flexibility index (Phi) is 6.46.